The Bertz CT molecular complexity index is 1660. The Morgan fingerprint density at radius 2 is 1.90 bits per heavy atom. The summed E-state index contributed by atoms with van der Waals surface area (Å²) in [5, 5.41) is 9.05. The lowest BCUT2D eigenvalue weighted by Gasteiger charge is -2.36. The molecule has 3 aliphatic rings. The highest BCUT2D eigenvalue weighted by Gasteiger charge is 2.33. The zero-order valence-electron chi connectivity index (χ0n) is 22.2. The van der Waals surface area contributed by atoms with Crippen LogP contribution in [0.1, 0.15) is 23.1 Å². The van der Waals surface area contributed by atoms with Crippen molar-refractivity contribution in [3.63, 3.8) is 0 Å². The summed E-state index contributed by atoms with van der Waals surface area (Å²) < 4.78 is 12.7. The van der Waals surface area contributed by atoms with E-state index in [4.69, 9.17) is 31.8 Å². The Labute approximate surface area is 245 Å². The summed E-state index contributed by atoms with van der Waals surface area (Å²) >= 11 is 6.41. The molecule has 0 atom stereocenters. The van der Waals surface area contributed by atoms with Gasteiger partial charge in [-0.05, 0) is 42.3 Å². The number of amides is 1. The summed E-state index contributed by atoms with van der Waals surface area (Å²) in [6, 6.07) is 9.69. The number of aryl methyl sites for hydroxylation is 1. The molecule has 212 valence electrons. The molecular formula is C28H27N5O6S2. The molecule has 0 spiro atoms. The fraction of sp³-hybridized carbons (Fsp3) is 0.321. The highest BCUT2D eigenvalue weighted by molar-refractivity contribution is 8.26. The molecule has 11 nitrogen and oxygen atoms in total. The Balaban J connectivity index is 1.28. The molecule has 0 radical (unpaired) electrons. The van der Waals surface area contributed by atoms with Crippen molar-refractivity contribution in [1.82, 2.24) is 19.2 Å². The summed E-state index contributed by atoms with van der Waals surface area (Å²) in [5.74, 6) is 0.603. The van der Waals surface area contributed by atoms with Crippen LogP contribution < -0.4 is 19.9 Å². The molecule has 6 rings (SSSR count). The molecule has 0 bridgehead atoms. The highest BCUT2D eigenvalue weighted by Crippen LogP contribution is 2.35. The average molecular weight is 594 g/mol. The lowest BCUT2D eigenvalue weighted by Crippen LogP contribution is -2.47. The summed E-state index contributed by atoms with van der Waals surface area (Å²) in [6.45, 7) is 5.64. The molecule has 13 heteroatoms. The molecule has 1 aromatic carbocycles. The first-order chi connectivity index (χ1) is 19.8. The van der Waals surface area contributed by atoms with Gasteiger partial charge in [0.05, 0.1) is 16.9 Å². The maximum Gasteiger partial charge on any atom is 0.305 e. The fourth-order valence-corrected chi connectivity index (χ4v) is 6.35. The van der Waals surface area contributed by atoms with E-state index < -0.39 is 11.9 Å². The van der Waals surface area contributed by atoms with E-state index in [1.807, 2.05) is 37.3 Å². The smallest absolute Gasteiger partial charge is 0.305 e. The van der Waals surface area contributed by atoms with Crippen molar-refractivity contribution in [2.75, 3.05) is 44.4 Å². The minimum Gasteiger partial charge on any atom is -0.481 e. The molecule has 5 heterocycles. The number of aliphatic carboxylic acids is 1. The Kier molecular flexibility index (Phi) is 7.41. The summed E-state index contributed by atoms with van der Waals surface area (Å²) in [6.07, 6.45) is 3.06. The van der Waals surface area contributed by atoms with Crippen molar-refractivity contribution in [3.8, 4) is 11.5 Å². The number of hydrogen-bond donors (Lipinski definition) is 1. The monoisotopic (exact) mass is 593 g/mol. The Morgan fingerprint density at radius 1 is 1.12 bits per heavy atom. The summed E-state index contributed by atoms with van der Waals surface area (Å²) in [4.78, 5) is 48.8. The summed E-state index contributed by atoms with van der Waals surface area (Å²) in [5.41, 5.74) is 2.57. The number of pyridine rings is 1. The van der Waals surface area contributed by atoms with Crippen molar-refractivity contribution >= 4 is 57.7 Å². The zero-order chi connectivity index (χ0) is 28.7. The van der Waals surface area contributed by atoms with Crippen LogP contribution in [0, 0.1) is 6.92 Å². The second-order valence-electron chi connectivity index (χ2n) is 10.0. The average Bonchev–Trinajstić information content (AvgIpc) is 3.52. The lowest BCUT2D eigenvalue weighted by molar-refractivity contribution is -0.137. The lowest BCUT2D eigenvalue weighted by atomic mass is 10.1. The maximum absolute atomic E-state index is 13.8. The number of benzene rings is 1. The quantitative estimate of drug-likeness (QED) is 0.322. The van der Waals surface area contributed by atoms with E-state index in [0.717, 1.165) is 54.0 Å². The van der Waals surface area contributed by atoms with E-state index in [1.165, 1.54) is 9.30 Å². The predicted octanol–water partition coefficient (Wildman–Crippen LogP) is 2.73. The predicted molar refractivity (Wildman–Crippen MR) is 158 cm³/mol. The van der Waals surface area contributed by atoms with Crippen LogP contribution in [0.4, 0.5) is 5.82 Å². The van der Waals surface area contributed by atoms with Gasteiger partial charge in [0.25, 0.3) is 11.5 Å². The molecule has 1 N–H and O–H groups in total. The third-order valence-corrected chi connectivity index (χ3v) is 8.58. The van der Waals surface area contributed by atoms with Gasteiger partial charge in [0, 0.05) is 45.5 Å². The van der Waals surface area contributed by atoms with Crippen molar-refractivity contribution in [1.29, 1.82) is 0 Å². The van der Waals surface area contributed by atoms with E-state index in [9.17, 15) is 14.4 Å². The molecule has 2 saturated heterocycles. The summed E-state index contributed by atoms with van der Waals surface area (Å²) in [7, 11) is 0. The Morgan fingerprint density at radius 3 is 2.68 bits per heavy atom. The molecule has 2 fully saturated rings. The van der Waals surface area contributed by atoms with Crippen LogP contribution >= 0.6 is 24.0 Å². The molecule has 0 aliphatic carbocycles. The van der Waals surface area contributed by atoms with Crippen LogP contribution in [0.15, 0.2) is 46.2 Å². The highest BCUT2D eigenvalue weighted by atomic mass is 32.2. The van der Waals surface area contributed by atoms with Crippen LogP contribution in [0.3, 0.4) is 0 Å². The van der Waals surface area contributed by atoms with Crippen LogP contribution in [-0.2, 0) is 16.1 Å². The number of piperazine rings is 1. The van der Waals surface area contributed by atoms with Gasteiger partial charge in [-0.15, -0.1) is 0 Å². The number of thiocarbonyl (C=S) groups is 1. The third-order valence-electron chi connectivity index (χ3n) is 7.20. The van der Waals surface area contributed by atoms with Crippen molar-refractivity contribution < 1.29 is 24.2 Å². The van der Waals surface area contributed by atoms with Crippen molar-refractivity contribution in [2.24, 2.45) is 0 Å². The number of nitrogens with zero attached hydrogens (tertiary/aromatic N) is 5. The zero-order valence-corrected chi connectivity index (χ0v) is 23.9. The first kappa shape index (κ1) is 27.2. The van der Waals surface area contributed by atoms with Crippen LogP contribution in [0.2, 0.25) is 0 Å². The molecule has 1 amide bonds. The molecule has 3 aliphatic heterocycles. The molecule has 0 saturated carbocycles. The van der Waals surface area contributed by atoms with Crippen molar-refractivity contribution in [3.05, 3.63) is 68.5 Å². The minimum atomic E-state index is -1.02. The largest absolute Gasteiger partial charge is 0.481 e. The van der Waals surface area contributed by atoms with E-state index in [2.05, 4.69) is 9.80 Å². The SMILES string of the molecule is Cc1ccc2nc(N3CCN(Cc4ccc5c(c4)OCO5)CC3)c(/C=C3/SC(=S)N(CCC(=O)O)C3=O)c(=O)n2c1. The number of anilines is 1. The molecule has 3 aromatic rings. The third kappa shape index (κ3) is 5.52. The first-order valence-electron chi connectivity index (χ1n) is 13.1. The standard InChI is InChI=1S/C28H27N5O6S2/c1-17-2-5-23-29-25(31-10-8-30(9-11-31)15-18-3-4-20-21(12-18)39-16-38-20)19(26(36)33(23)14-17)13-22-27(37)32(28(40)41-22)7-6-24(34)35/h2-5,12-14H,6-11,15-16H2,1H3,(H,34,35)/b22-13+. The maximum atomic E-state index is 13.8. The van der Waals surface area contributed by atoms with E-state index in [-0.39, 0.29) is 34.5 Å². The molecule has 2 aromatic heterocycles. The van der Waals surface area contributed by atoms with Gasteiger partial charge in [0.2, 0.25) is 6.79 Å². The minimum absolute atomic E-state index is 0.0241. The van der Waals surface area contributed by atoms with Gasteiger partial charge in [-0.2, -0.15) is 0 Å². The van der Waals surface area contributed by atoms with E-state index >= 15 is 0 Å². The van der Waals surface area contributed by atoms with Gasteiger partial charge in [-0.3, -0.25) is 28.6 Å². The first-order valence-corrected chi connectivity index (χ1v) is 14.4. The topological polar surface area (TPSA) is 117 Å². The van der Waals surface area contributed by atoms with E-state index in [1.54, 1.807) is 12.3 Å². The van der Waals surface area contributed by atoms with Gasteiger partial charge in [-0.1, -0.05) is 36.1 Å². The number of carboxylic acids is 1. The van der Waals surface area contributed by atoms with Crippen LogP contribution in [-0.4, -0.2) is 80.0 Å². The molecular weight excluding hydrogens is 566 g/mol. The number of aromatic nitrogens is 2. The van der Waals surface area contributed by atoms with Crippen LogP contribution in [0.25, 0.3) is 11.7 Å². The number of carboxylic acid groups (broad SMARTS) is 1. The number of carbonyl (C=O) groups is 2. The molecule has 41 heavy (non-hydrogen) atoms. The number of fused-ring (bicyclic) bond motifs is 2. The fourth-order valence-electron chi connectivity index (χ4n) is 5.06. The number of thioether (sulfide) groups is 1. The number of carbonyl (C=O) groups excluding carboxylic acids is 1. The van der Waals surface area contributed by atoms with E-state index in [0.29, 0.717) is 30.1 Å². The van der Waals surface area contributed by atoms with Gasteiger partial charge in [0.15, 0.2) is 11.5 Å². The number of rotatable bonds is 7. The van der Waals surface area contributed by atoms with Gasteiger partial charge < -0.3 is 19.5 Å². The van der Waals surface area contributed by atoms with Gasteiger partial charge in [-0.25, -0.2) is 4.98 Å². The van der Waals surface area contributed by atoms with Gasteiger partial charge in [0.1, 0.15) is 15.8 Å². The second kappa shape index (κ2) is 11.1. The molecule has 0 unspecified atom stereocenters. The normalized spacial score (nSPS) is 18.2. The second-order valence-corrected chi connectivity index (χ2v) is 11.7. The van der Waals surface area contributed by atoms with Gasteiger partial charge >= 0.3 is 5.97 Å². The van der Waals surface area contributed by atoms with Crippen LogP contribution in [0.5, 0.6) is 11.5 Å². The van der Waals surface area contributed by atoms with Crippen molar-refractivity contribution in [2.45, 2.75) is 19.9 Å². The Hall–Kier alpha value is -3.94. The number of ether oxygens (including phenoxy) is 2. The number of hydrogen-bond acceptors (Lipinski definition) is 10.